The molecule has 0 radical (unpaired) electrons. The smallest absolute Gasteiger partial charge is 0.412 e. The van der Waals surface area contributed by atoms with Crippen molar-refractivity contribution in [2.45, 2.75) is 50.2 Å². The Labute approximate surface area is 199 Å². The van der Waals surface area contributed by atoms with Crippen molar-refractivity contribution in [1.29, 1.82) is 0 Å². The first kappa shape index (κ1) is 25.3. The fourth-order valence-corrected chi connectivity index (χ4v) is 4.51. The van der Waals surface area contributed by atoms with Crippen LogP contribution in [0.2, 0.25) is 0 Å². The molecule has 0 bridgehead atoms. The Kier molecular flexibility index (Phi) is 7.37. The van der Waals surface area contributed by atoms with Crippen LogP contribution < -0.4 is 24.8 Å². The summed E-state index contributed by atoms with van der Waals surface area (Å²) >= 11 is 0. The summed E-state index contributed by atoms with van der Waals surface area (Å²) in [6, 6.07) is 8.74. The highest BCUT2D eigenvalue weighted by molar-refractivity contribution is 7.89. The summed E-state index contributed by atoms with van der Waals surface area (Å²) < 4.78 is 43.7. The molecule has 34 heavy (non-hydrogen) atoms. The zero-order valence-electron chi connectivity index (χ0n) is 19.7. The molecular weight excluding hydrogens is 462 g/mol. The minimum absolute atomic E-state index is 0.0950. The van der Waals surface area contributed by atoms with Gasteiger partial charge in [0.25, 0.3) is 5.91 Å². The maximum atomic E-state index is 12.9. The van der Waals surface area contributed by atoms with E-state index < -0.39 is 27.6 Å². The predicted octanol–water partition coefficient (Wildman–Crippen LogP) is 3.74. The van der Waals surface area contributed by atoms with Crippen molar-refractivity contribution in [3.63, 3.8) is 0 Å². The monoisotopic (exact) mass is 491 g/mol. The summed E-state index contributed by atoms with van der Waals surface area (Å²) in [5.41, 5.74) is 0.0769. The molecule has 3 rings (SSSR count). The number of anilines is 2. The normalized spacial score (nSPS) is 13.7. The van der Waals surface area contributed by atoms with Crippen LogP contribution in [0.15, 0.2) is 41.3 Å². The summed E-state index contributed by atoms with van der Waals surface area (Å²) in [7, 11) is -1.04. The number of rotatable bonds is 8. The van der Waals surface area contributed by atoms with Crippen LogP contribution in [0.5, 0.6) is 11.5 Å². The van der Waals surface area contributed by atoms with E-state index in [4.69, 9.17) is 14.2 Å². The molecule has 2 aromatic carbocycles. The second-order valence-electron chi connectivity index (χ2n) is 8.76. The molecule has 11 heteroatoms. The lowest BCUT2D eigenvalue weighted by atomic mass is 10.2. The number of methoxy groups -OCH3 is 2. The van der Waals surface area contributed by atoms with Gasteiger partial charge in [-0.25, -0.2) is 17.9 Å². The molecule has 0 aromatic heterocycles. The second-order valence-corrected chi connectivity index (χ2v) is 10.4. The van der Waals surface area contributed by atoms with Gasteiger partial charge >= 0.3 is 6.09 Å². The first-order valence-corrected chi connectivity index (χ1v) is 12.1. The SMILES string of the molecule is COc1ccc(NC(=O)c2ccc(OC)c(S(=O)(=O)NC3CC3)c2)cc1NC(=O)OC(C)(C)C. The van der Waals surface area contributed by atoms with Gasteiger partial charge in [0.1, 0.15) is 22.0 Å². The van der Waals surface area contributed by atoms with E-state index in [0.717, 1.165) is 12.8 Å². The summed E-state index contributed by atoms with van der Waals surface area (Å²) in [6.45, 7) is 5.22. The minimum atomic E-state index is -3.85. The van der Waals surface area contributed by atoms with Gasteiger partial charge in [0, 0.05) is 17.3 Å². The Balaban J connectivity index is 1.82. The van der Waals surface area contributed by atoms with Crippen molar-refractivity contribution in [3.8, 4) is 11.5 Å². The second kappa shape index (κ2) is 9.90. The number of carbonyl (C=O) groups is 2. The molecule has 1 saturated carbocycles. The van der Waals surface area contributed by atoms with Crippen molar-refractivity contribution < 1.29 is 32.2 Å². The van der Waals surface area contributed by atoms with Crippen LogP contribution in [0.4, 0.5) is 16.2 Å². The number of nitrogens with one attached hydrogen (secondary N) is 3. The molecule has 1 fully saturated rings. The van der Waals surface area contributed by atoms with Gasteiger partial charge in [0.05, 0.1) is 19.9 Å². The lowest BCUT2D eigenvalue weighted by Crippen LogP contribution is -2.27. The number of carbonyl (C=O) groups excluding carboxylic acids is 2. The molecule has 184 valence electrons. The van der Waals surface area contributed by atoms with E-state index in [9.17, 15) is 18.0 Å². The Bertz CT molecular complexity index is 1190. The van der Waals surface area contributed by atoms with Crippen LogP contribution in [0.25, 0.3) is 0 Å². The average molecular weight is 492 g/mol. The highest BCUT2D eigenvalue weighted by atomic mass is 32.2. The van der Waals surface area contributed by atoms with E-state index in [1.807, 2.05) is 0 Å². The average Bonchev–Trinajstić information content (AvgIpc) is 3.55. The van der Waals surface area contributed by atoms with Gasteiger partial charge in [-0.3, -0.25) is 10.1 Å². The third kappa shape index (κ3) is 6.61. The van der Waals surface area contributed by atoms with Gasteiger partial charge in [-0.2, -0.15) is 0 Å². The summed E-state index contributed by atoms with van der Waals surface area (Å²) in [6.07, 6.45) is 0.875. The van der Waals surface area contributed by atoms with Crippen molar-refractivity contribution in [3.05, 3.63) is 42.0 Å². The van der Waals surface area contributed by atoms with Crippen molar-refractivity contribution in [2.24, 2.45) is 0 Å². The Hall–Kier alpha value is -3.31. The molecule has 0 atom stereocenters. The van der Waals surface area contributed by atoms with Crippen molar-refractivity contribution in [1.82, 2.24) is 4.72 Å². The van der Waals surface area contributed by atoms with Crippen LogP contribution >= 0.6 is 0 Å². The van der Waals surface area contributed by atoms with Crippen LogP contribution in [0.3, 0.4) is 0 Å². The van der Waals surface area contributed by atoms with Crippen LogP contribution in [0.1, 0.15) is 44.0 Å². The third-order valence-corrected chi connectivity index (χ3v) is 6.25. The number of hydrogen-bond acceptors (Lipinski definition) is 7. The van der Waals surface area contributed by atoms with Gasteiger partial charge < -0.3 is 19.5 Å². The van der Waals surface area contributed by atoms with E-state index >= 15 is 0 Å². The van der Waals surface area contributed by atoms with E-state index in [1.165, 1.54) is 38.5 Å². The van der Waals surface area contributed by atoms with E-state index in [1.54, 1.807) is 32.9 Å². The molecule has 3 N–H and O–H groups in total. The number of ether oxygens (including phenoxy) is 3. The molecule has 0 heterocycles. The van der Waals surface area contributed by atoms with Gasteiger partial charge in [0.2, 0.25) is 10.0 Å². The number of sulfonamides is 1. The fourth-order valence-electron chi connectivity index (χ4n) is 3.01. The van der Waals surface area contributed by atoms with Crippen LogP contribution in [-0.4, -0.2) is 46.3 Å². The number of benzene rings is 2. The Morgan fingerprint density at radius 2 is 1.59 bits per heavy atom. The lowest BCUT2D eigenvalue weighted by Gasteiger charge is -2.20. The zero-order chi connectivity index (χ0) is 25.1. The van der Waals surface area contributed by atoms with Gasteiger partial charge in [-0.05, 0) is 70.0 Å². The topological polar surface area (TPSA) is 132 Å². The largest absolute Gasteiger partial charge is 0.495 e. The molecule has 1 aliphatic rings. The highest BCUT2D eigenvalue weighted by Crippen LogP contribution is 2.30. The maximum Gasteiger partial charge on any atom is 0.412 e. The number of hydrogen-bond donors (Lipinski definition) is 3. The van der Waals surface area contributed by atoms with Gasteiger partial charge in [0.15, 0.2) is 0 Å². The lowest BCUT2D eigenvalue weighted by molar-refractivity contribution is 0.0635. The highest BCUT2D eigenvalue weighted by Gasteiger charge is 2.30. The fraction of sp³-hybridized carbons (Fsp3) is 0.391. The molecule has 0 aliphatic heterocycles. The summed E-state index contributed by atoms with van der Waals surface area (Å²) in [4.78, 5) is 25.0. The Morgan fingerprint density at radius 3 is 2.18 bits per heavy atom. The minimum Gasteiger partial charge on any atom is -0.495 e. The van der Waals surface area contributed by atoms with Crippen molar-refractivity contribution >= 4 is 33.4 Å². The van der Waals surface area contributed by atoms with Crippen LogP contribution in [0, 0.1) is 0 Å². The van der Waals surface area contributed by atoms with Gasteiger partial charge in [-0.15, -0.1) is 0 Å². The summed E-state index contributed by atoms with van der Waals surface area (Å²) in [5, 5.41) is 5.30. The summed E-state index contributed by atoms with van der Waals surface area (Å²) in [5.74, 6) is -0.0373. The standard InChI is InChI=1S/C23H29N3O7S/c1-23(2,3)33-22(28)25-17-13-16(9-11-18(17)31-4)24-21(27)14-6-10-19(32-5)20(12-14)34(29,30)26-15-7-8-15/h6,9-13,15,26H,7-8H2,1-5H3,(H,24,27)(H,25,28). The molecule has 10 nitrogen and oxygen atoms in total. The predicted molar refractivity (Wildman–Crippen MR) is 127 cm³/mol. The van der Waals surface area contributed by atoms with Crippen LogP contribution in [-0.2, 0) is 14.8 Å². The molecule has 0 spiro atoms. The first-order chi connectivity index (χ1) is 15.9. The van der Waals surface area contributed by atoms with Gasteiger partial charge in [-0.1, -0.05) is 0 Å². The molecular formula is C23H29N3O7S. The molecule has 2 aromatic rings. The molecule has 0 saturated heterocycles. The third-order valence-electron chi connectivity index (χ3n) is 4.71. The molecule has 2 amide bonds. The number of amides is 2. The maximum absolute atomic E-state index is 12.9. The van der Waals surface area contributed by atoms with E-state index in [-0.39, 0.29) is 22.3 Å². The van der Waals surface area contributed by atoms with E-state index in [0.29, 0.717) is 17.1 Å². The Morgan fingerprint density at radius 1 is 0.941 bits per heavy atom. The zero-order valence-corrected chi connectivity index (χ0v) is 20.5. The quantitative estimate of drug-likeness (QED) is 0.512. The molecule has 1 aliphatic carbocycles. The van der Waals surface area contributed by atoms with Crippen molar-refractivity contribution in [2.75, 3.05) is 24.9 Å². The van der Waals surface area contributed by atoms with E-state index in [2.05, 4.69) is 15.4 Å². The molecule has 0 unspecified atom stereocenters. The first-order valence-electron chi connectivity index (χ1n) is 10.6.